The number of halogens is 3. The maximum Gasteiger partial charge on any atom is 0.416 e. The Morgan fingerprint density at radius 3 is 2.31 bits per heavy atom. The van der Waals surface area contributed by atoms with Crippen LogP contribution in [0.5, 0.6) is 0 Å². The fourth-order valence-corrected chi connectivity index (χ4v) is 1.99. The van der Waals surface area contributed by atoms with Crippen molar-refractivity contribution in [2.75, 3.05) is 0 Å². The Labute approximate surface area is 94.5 Å². The second-order valence-electron chi connectivity index (χ2n) is 4.26. The molecule has 0 aliphatic rings. The maximum atomic E-state index is 12.4. The smallest absolute Gasteiger partial charge is 0.166 e. The van der Waals surface area contributed by atoms with Crippen molar-refractivity contribution in [2.45, 2.75) is 45.7 Å². The first-order valence-electron chi connectivity index (χ1n) is 5.54. The van der Waals surface area contributed by atoms with Gasteiger partial charge in [0.15, 0.2) is 0 Å². The fourth-order valence-electron chi connectivity index (χ4n) is 1.99. The van der Waals surface area contributed by atoms with E-state index in [2.05, 4.69) is 13.8 Å². The number of aryl methyl sites for hydroxylation is 1. The highest BCUT2D eigenvalue weighted by Gasteiger charge is 2.30. The summed E-state index contributed by atoms with van der Waals surface area (Å²) in [5.41, 5.74) is 1.20. The highest BCUT2D eigenvalue weighted by Crippen LogP contribution is 2.32. The summed E-state index contributed by atoms with van der Waals surface area (Å²) < 4.78 is 37.3. The number of hydrogen-bond donors (Lipinski definition) is 0. The van der Waals surface area contributed by atoms with Crippen molar-refractivity contribution in [2.24, 2.45) is 0 Å². The molecule has 0 spiro atoms. The molecular formula is C13H17F3. The highest BCUT2D eigenvalue weighted by atomic mass is 19.4. The molecule has 0 radical (unpaired) electrons. The second kappa shape index (κ2) is 4.89. The van der Waals surface area contributed by atoms with Gasteiger partial charge in [-0.25, -0.2) is 0 Å². The van der Waals surface area contributed by atoms with Crippen LogP contribution in [0.15, 0.2) is 18.2 Å². The summed E-state index contributed by atoms with van der Waals surface area (Å²) >= 11 is 0. The van der Waals surface area contributed by atoms with Crippen molar-refractivity contribution in [1.29, 1.82) is 0 Å². The van der Waals surface area contributed by atoms with Gasteiger partial charge >= 0.3 is 6.18 Å². The summed E-state index contributed by atoms with van der Waals surface area (Å²) in [5.74, 6) is 0.326. The second-order valence-corrected chi connectivity index (χ2v) is 4.26. The Balaban J connectivity index is 3.00. The molecule has 0 N–H and O–H groups in total. The predicted molar refractivity (Wildman–Crippen MR) is 59.5 cm³/mol. The van der Waals surface area contributed by atoms with Crippen LogP contribution in [0.1, 0.15) is 49.3 Å². The van der Waals surface area contributed by atoms with E-state index < -0.39 is 11.7 Å². The molecule has 0 nitrogen and oxygen atoms in total. The Kier molecular flexibility index (Phi) is 4.00. The van der Waals surface area contributed by atoms with Crippen molar-refractivity contribution >= 4 is 0 Å². The summed E-state index contributed by atoms with van der Waals surface area (Å²) in [5, 5.41) is 0. The normalized spacial score (nSPS) is 13.9. The average molecular weight is 230 g/mol. The Morgan fingerprint density at radius 1 is 1.25 bits per heavy atom. The third kappa shape index (κ3) is 3.00. The summed E-state index contributed by atoms with van der Waals surface area (Å²) in [6.07, 6.45) is -2.19. The molecule has 1 aromatic carbocycles. The summed E-state index contributed by atoms with van der Waals surface area (Å²) in [6.45, 7) is 5.88. The standard InChI is InChI=1S/C13H17F3/c1-4-5-9(2)12-7-6-11(8-10(12)3)13(14,15)16/h6-9H,4-5H2,1-3H3. The van der Waals surface area contributed by atoms with E-state index in [1.165, 1.54) is 12.1 Å². The van der Waals surface area contributed by atoms with Crippen LogP contribution in [-0.4, -0.2) is 0 Å². The number of benzene rings is 1. The van der Waals surface area contributed by atoms with Gasteiger partial charge in [0.05, 0.1) is 5.56 Å². The molecular weight excluding hydrogens is 213 g/mol. The van der Waals surface area contributed by atoms with Crippen molar-refractivity contribution in [3.8, 4) is 0 Å². The average Bonchev–Trinajstić information content (AvgIpc) is 2.16. The minimum absolute atomic E-state index is 0.326. The molecule has 0 heterocycles. The molecule has 90 valence electrons. The van der Waals surface area contributed by atoms with Crippen molar-refractivity contribution in [3.63, 3.8) is 0 Å². The van der Waals surface area contributed by atoms with Gasteiger partial charge in [-0.1, -0.05) is 26.3 Å². The lowest BCUT2D eigenvalue weighted by Crippen LogP contribution is -2.06. The predicted octanol–water partition coefficient (Wildman–Crippen LogP) is 4.92. The molecule has 0 aromatic heterocycles. The molecule has 1 unspecified atom stereocenters. The van der Waals surface area contributed by atoms with Gasteiger partial charge in [-0.05, 0) is 42.5 Å². The molecule has 0 saturated heterocycles. The zero-order valence-corrected chi connectivity index (χ0v) is 9.86. The molecule has 0 bridgehead atoms. The number of hydrogen-bond acceptors (Lipinski definition) is 0. The van der Waals surface area contributed by atoms with Crippen LogP contribution in [0, 0.1) is 6.92 Å². The SMILES string of the molecule is CCCC(C)c1ccc(C(F)(F)F)cc1C. The van der Waals surface area contributed by atoms with Crippen LogP contribution in [0.4, 0.5) is 13.2 Å². The van der Waals surface area contributed by atoms with Gasteiger partial charge in [0.25, 0.3) is 0 Å². The lowest BCUT2D eigenvalue weighted by Gasteiger charge is -2.16. The van der Waals surface area contributed by atoms with E-state index in [0.717, 1.165) is 24.0 Å². The number of alkyl halides is 3. The van der Waals surface area contributed by atoms with Crippen molar-refractivity contribution < 1.29 is 13.2 Å². The van der Waals surface area contributed by atoms with Gasteiger partial charge in [-0.2, -0.15) is 13.2 Å². The molecule has 0 amide bonds. The zero-order valence-electron chi connectivity index (χ0n) is 9.86. The first-order valence-corrected chi connectivity index (χ1v) is 5.54. The molecule has 0 fully saturated rings. The van der Waals surface area contributed by atoms with Gasteiger partial charge in [0.2, 0.25) is 0 Å². The lowest BCUT2D eigenvalue weighted by atomic mass is 9.91. The minimum atomic E-state index is -4.24. The number of rotatable bonds is 3. The fraction of sp³-hybridized carbons (Fsp3) is 0.538. The summed E-state index contributed by atoms with van der Waals surface area (Å²) in [7, 11) is 0. The molecule has 16 heavy (non-hydrogen) atoms. The van der Waals surface area contributed by atoms with Gasteiger partial charge in [0, 0.05) is 0 Å². The van der Waals surface area contributed by atoms with Crippen molar-refractivity contribution in [1.82, 2.24) is 0 Å². The third-order valence-electron chi connectivity index (χ3n) is 2.85. The topological polar surface area (TPSA) is 0 Å². The van der Waals surface area contributed by atoms with Gasteiger partial charge in [-0.3, -0.25) is 0 Å². The van der Waals surface area contributed by atoms with Crippen LogP contribution in [0.2, 0.25) is 0 Å². The monoisotopic (exact) mass is 230 g/mol. The van der Waals surface area contributed by atoms with Crippen LogP contribution in [0.25, 0.3) is 0 Å². The molecule has 1 aromatic rings. The minimum Gasteiger partial charge on any atom is -0.166 e. The zero-order chi connectivity index (χ0) is 12.3. The molecule has 0 saturated carbocycles. The van der Waals surface area contributed by atoms with Crippen LogP contribution < -0.4 is 0 Å². The summed E-state index contributed by atoms with van der Waals surface area (Å²) in [4.78, 5) is 0. The Morgan fingerprint density at radius 2 is 1.88 bits per heavy atom. The van der Waals surface area contributed by atoms with Crippen molar-refractivity contribution in [3.05, 3.63) is 34.9 Å². The molecule has 1 rings (SSSR count). The first kappa shape index (κ1) is 13.1. The van der Waals surface area contributed by atoms with E-state index in [-0.39, 0.29) is 0 Å². The maximum absolute atomic E-state index is 12.4. The third-order valence-corrected chi connectivity index (χ3v) is 2.85. The van der Waals surface area contributed by atoms with E-state index >= 15 is 0 Å². The summed E-state index contributed by atoms with van der Waals surface area (Å²) in [6, 6.07) is 4.02. The molecule has 3 heteroatoms. The van der Waals surface area contributed by atoms with E-state index in [9.17, 15) is 13.2 Å². The quantitative estimate of drug-likeness (QED) is 0.691. The van der Waals surface area contributed by atoms with Gasteiger partial charge < -0.3 is 0 Å². The molecule has 0 aliphatic heterocycles. The lowest BCUT2D eigenvalue weighted by molar-refractivity contribution is -0.137. The highest BCUT2D eigenvalue weighted by molar-refractivity contribution is 5.34. The Bertz CT molecular complexity index is 353. The van der Waals surface area contributed by atoms with Crippen LogP contribution in [0.3, 0.4) is 0 Å². The van der Waals surface area contributed by atoms with E-state index in [1.54, 1.807) is 13.0 Å². The Hall–Kier alpha value is -0.990. The van der Waals surface area contributed by atoms with E-state index in [1.807, 2.05) is 0 Å². The van der Waals surface area contributed by atoms with Crippen LogP contribution >= 0.6 is 0 Å². The molecule has 0 aliphatic carbocycles. The van der Waals surface area contributed by atoms with Gasteiger partial charge in [-0.15, -0.1) is 0 Å². The van der Waals surface area contributed by atoms with Crippen LogP contribution in [-0.2, 0) is 6.18 Å². The first-order chi connectivity index (χ1) is 7.36. The van der Waals surface area contributed by atoms with Gasteiger partial charge in [0.1, 0.15) is 0 Å². The molecule has 1 atom stereocenters. The largest absolute Gasteiger partial charge is 0.416 e. The van der Waals surface area contributed by atoms with E-state index in [4.69, 9.17) is 0 Å². The van der Waals surface area contributed by atoms with E-state index in [0.29, 0.717) is 5.92 Å².